The molecule has 0 bridgehead atoms. The third kappa shape index (κ3) is 6.45. The van der Waals surface area contributed by atoms with Crippen LogP contribution >= 0.6 is 22.6 Å². The van der Waals surface area contributed by atoms with E-state index in [-0.39, 0.29) is 23.8 Å². The maximum atomic E-state index is 12.8. The number of nitrogens with one attached hydrogen (secondary N) is 1. The minimum absolute atomic E-state index is 0.0741. The number of carbonyl (C=O) groups excluding carboxylic acids is 2. The summed E-state index contributed by atoms with van der Waals surface area (Å²) in [6.07, 6.45) is -0.109. The third-order valence-electron chi connectivity index (χ3n) is 4.66. The van der Waals surface area contributed by atoms with E-state index >= 15 is 0 Å². The van der Waals surface area contributed by atoms with E-state index in [0.717, 1.165) is 5.56 Å². The monoisotopic (exact) mass is 525 g/mol. The van der Waals surface area contributed by atoms with Crippen LogP contribution in [0.15, 0.2) is 48.5 Å². The molecular formula is C22H24INO6. The molecule has 0 unspecified atom stereocenters. The number of hydrogen-bond donors (Lipinski definition) is 2. The molecule has 2 rings (SSSR count). The number of carboxylic acid groups (broad SMARTS) is 1. The molecule has 2 aromatic rings. The Morgan fingerprint density at radius 3 is 2.40 bits per heavy atom. The number of ether oxygens (including phenoxy) is 2. The molecule has 7 nitrogen and oxygen atoms in total. The molecule has 0 radical (unpaired) electrons. The van der Waals surface area contributed by atoms with Crippen molar-refractivity contribution >= 4 is 40.6 Å². The van der Waals surface area contributed by atoms with Crippen LogP contribution < -0.4 is 10.1 Å². The van der Waals surface area contributed by atoms with Crippen molar-refractivity contribution in [1.82, 2.24) is 5.32 Å². The first-order valence-electron chi connectivity index (χ1n) is 9.47. The molecule has 30 heavy (non-hydrogen) atoms. The fourth-order valence-electron chi connectivity index (χ4n) is 2.73. The Morgan fingerprint density at radius 2 is 1.80 bits per heavy atom. The first kappa shape index (κ1) is 23.7. The topological polar surface area (TPSA) is 102 Å². The van der Waals surface area contributed by atoms with Crippen LogP contribution in [0.1, 0.15) is 41.8 Å². The third-order valence-corrected chi connectivity index (χ3v) is 5.42. The Balaban J connectivity index is 2.11. The highest BCUT2D eigenvalue weighted by molar-refractivity contribution is 14.1. The van der Waals surface area contributed by atoms with Crippen LogP contribution in [0.3, 0.4) is 0 Å². The summed E-state index contributed by atoms with van der Waals surface area (Å²) in [5.41, 5.74) is 1.31. The van der Waals surface area contributed by atoms with E-state index < -0.39 is 24.1 Å². The van der Waals surface area contributed by atoms with Crippen molar-refractivity contribution in [2.24, 2.45) is 5.92 Å². The second-order valence-electron chi connectivity index (χ2n) is 6.71. The van der Waals surface area contributed by atoms with Crippen molar-refractivity contribution in [1.29, 1.82) is 0 Å². The Morgan fingerprint density at radius 1 is 1.10 bits per heavy atom. The normalized spacial score (nSPS) is 12.5. The zero-order valence-corrected chi connectivity index (χ0v) is 18.9. The number of alkyl carbamates (subject to hydrolysis) is 1. The highest BCUT2D eigenvalue weighted by atomic mass is 127. The number of amides is 1. The molecule has 0 saturated heterocycles. The van der Waals surface area contributed by atoms with Gasteiger partial charge in [0.05, 0.1) is 5.56 Å². The molecular weight excluding hydrogens is 501 g/mol. The number of rotatable bonds is 9. The van der Waals surface area contributed by atoms with Gasteiger partial charge in [-0.3, -0.25) is 0 Å². The molecule has 160 valence electrons. The first-order valence-corrected chi connectivity index (χ1v) is 11.0. The molecule has 0 aliphatic carbocycles. The van der Waals surface area contributed by atoms with Gasteiger partial charge in [-0.05, 0) is 23.6 Å². The van der Waals surface area contributed by atoms with E-state index in [1.54, 1.807) is 6.07 Å². The van der Waals surface area contributed by atoms with Crippen LogP contribution in [0.5, 0.6) is 5.75 Å². The average Bonchev–Trinajstić information content (AvgIpc) is 2.75. The molecule has 0 aliphatic rings. The fourth-order valence-corrected chi connectivity index (χ4v) is 3.52. The average molecular weight is 525 g/mol. The predicted octanol–water partition coefficient (Wildman–Crippen LogP) is 4.57. The molecule has 2 N–H and O–H groups in total. The first-order chi connectivity index (χ1) is 14.4. The number of alkyl halides is 1. The lowest BCUT2D eigenvalue weighted by Crippen LogP contribution is -2.47. The standard InChI is InChI=1S/C22H24INO6/c1-3-14(2)19(24-22(28)29-13-15-8-5-4-6-9-15)21(27)30-18-11-7-10-16(20(25)26)17(18)12-23/h4-11,14,19H,3,12-13H2,1-2H3,(H,24,28)(H,25,26)/t14-,19-/m0/s1. The van der Waals surface area contributed by atoms with Gasteiger partial charge in [0.25, 0.3) is 0 Å². The minimum atomic E-state index is -1.10. The van der Waals surface area contributed by atoms with Gasteiger partial charge < -0.3 is 19.9 Å². The Kier molecular flexibility index (Phi) is 9.10. The van der Waals surface area contributed by atoms with Gasteiger partial charge in [0.1, 0.15) is 18.4 Å². The summed E-state index contributed by atoms with van der Waals surface area (Å²) in [6.45, 7) is 3.79. The van der Waals surface area contributed by atoms with Crippen molar-refractivity contribution in [3.05, 3.63) is 65.2 Å². The molecule has 2 aromatic carbocycles. The quantitative estimate of drug-likeness (QED) is 0.215. The summed E-state index contributed by atoms with van der Waals surface area (Å²) in [7, 11) is 0. The van der Waals surface area contributed by atoms with Crippen LogP contribution in [0.4, 0.5) is 4.79 Å². The van der Waals surface area contributed by atoms with Gasteiger partial charge in [0.2, 0.25) is 0 Å². The number of carboxylic acids is 1. The predicted molar refractivity (Wildman–Crippen MR) is 120 cm³/mol. The van der Waals surface area contributed by atoms with E-state index in [2.05, 4.69) is 5.32 Å². The van der Waals surface area contributed by atoms with E-state index in [9.17, 15) is 19.5 Å². The van der Waals surface area contributed by atoms with Crippen molar-refractivity contribution < 1.29 is 29.0 Å². The maximum Gasteiger partial charge on any atom is 0.408 e. The van der Waals surface area contributed by atoms with Gasteiger partial charge >= 0.3 is 18.0 Å². The van der Waals surface area contributed by atoms with Gasteiger partial charge in [0.15, 0.2) is 0 Å². The van der Waals surface area contributed by atoms with Gasteiger partial charge in [-0.15, -0.1) is 0 Å². The van der Waals surface area contributed by atoms with E-state index in [4.69, 9.17) is 9.47 Å². The second kappa shape index (κ2) is 11.5. The molecule has 2 atom stereocenters. The van der Waals surface area contributed by atoms with Crippen LogP contribution in [0, 0.1) is 5.92 Å². The van der Waals surface area contributed by atoms with Crippen LogP contribution in [0.2, 0.25) is 0 Å². The van der Waals surface area contributed by atoms with Crippen molar-refractivity contribution in [3.63, 3.8) is 0 Å². The molecule has 8 heteroatoms. The van der Waals surface area contributed by atoms with Crippen molar-refractivity contribution in [2.45, 2.75) is 37.3 Å². The Hall–Kier alpha value is -2.62. The number of halogens is 1. The molecule has 0 heterocycles. The van der Waals surface area contributed by atoms with Gasteiger partial charge in [0, 0.05) is 9.99 Å². The highest BCUT2D eigenvalue weighted by Gasteiger charge is 2.29. The molecule has 0 aliphatic heterocycles. The molecule has 0 fully saturated rings. The minimum Gasteiger partial charge on any atom is -0.478 e. The highest BCUT2D eigenvalue weighted by Crippen LogP contribution is 2.26. The summed E-state index contributed by atoms with van der Waals surface area (Å²) in [5.74, 6) is -1.81. The molecule has 1 amide bonds. The second-order valence-corrected chi connectivity index (χ2v) is 7.47. The lowest BCUT2D eigenvalue weighted by atomic mass is 9.99. The number of hydrogen-bond acceptors (Lipinski definition) is 5. The number of carbonyl (C=O) groups is 3. The van der Waals surface area contributed by atoms with Gasteiger partial charge in [-0.1, -0.05) is 79.3 Å². The van der Waals surface area contributed by atoms with Crippen LogP contribution in [-0.4, -0.2) is 29.2 Å². The smallest absolute Gasteiger partial charge is 0.408 e. The Bertz CT molecular complexity index is 886. The SMILES string of the molecule is CC[C@H](C)[C@H](NC(=O)OCc1ccccc1)C(=O)Oc1cccc(C(=O)O)c1CI. The summed E-state index contributed by atoms with van der Waals surface area (Å²) < 4.78 is 11.1. The van der Waals surface area contributed by atoms with Gasteiger partial charge in [-0.2, -0.15) is 0 Å². The zero-order chi connectivity index (χ0) is 22.1. The lowest BCUT2D eigenvalue weighted by Gasteiger charge is -2.23. The van der Waals surface area contributed by atoms with E-state index in [1.807, 2.05) is 66.8 Å². The summed E-state index contributed by atoms with van der Waals surface area (Å²) >= 11 is 2.01. The summed E-state index contributed by atoms with van der Waals surface area (Å²) in [6, 6.07) is 12.8. The maximum absolute atomic E-state index is 12.8. The summed E-state index contributed by atoms with van der Waals surface area (Å²) in [4.78, 5) is 36.5. The van der Waals surface area contributed by atoms with Crippen molar-refractivity contribution in [3.8, 4) is 5.75 Å². The Labute approximate surface area is 188 Å². The fraction of sp³-hybridized carbons (Fsp3) is 0.318. The van der Waals surface area contributed by atoms with E-state index in [0.29, 0.717) is 16.4 Å². The molecule has 0 spiro atoms. The van der Waals surface area contributed by atoms with Crippen LogP contribution in [-0.2, 0) is 20.6 Å². The number of esters is 1. The van der Waals surface area contributed by atoms with Crippen LogP contribution in [0.25, 0.3) is 0 Å². The number of aromatic carboxylic acids is 1. The summed E-state index contributed by atoms with van der Waals surface area (Å²) in [5, 5.41) is 11.9. The lowest BCUT2D eigenvalue weighted by molar-refractivity contribution is -0.138. The molecule has 0 saturated carbocycles. The van der Waals surface area contributed by atoms with Crippen molar-refractivity contribution in [2.75, 3.05) is 0 Å². The largest absolute Gasteiger partial charge is 0.478 e. The number of benzene rings is 2. The van der Waals surface area contributed by atoms with Gasteiger partial charge in [-0.25, -0.2) is 14.4 Å². The zero-order valence-electron chi connectivity index (χ0n) is 16.8. The molecule has 0 aromatic heterocycles. The van der Waals surface area contributed by atoms with E-state index in [1.165, 1.54) is 12.1 Å².